The van der Waals surface area contributed by atoms with Gasteiger partial charge in [-0.3, -0.25) is 4.79 Å². The molecule has 2 fully saturated rings. The zero-order valence-electron chi connectivity index (χ0n) is 12.2. The van der Waals surface area contributed by atoms with E-state index in [4.69, 9.17) is 0 Å². The Labute approximate surface area is 133 Å². The van der Waals surface area contributed by atoms with Crippen molar-refractivity contribution in [1.82, 2.24) is 4.90 Å². The fourth-order valence-corrected chi connectivity index (χ4v) is 4.16. The van der Waals surface area contributed by atoms with Gasteiger partial charge in [-0.2, -0.15) is 0 Å². The summed E-state index contributed by atoms with van der Waals surface area (Å²) in [6.45, 7) is 0. The lowest BCUT2D eigenvalue weighted by atomic mass is 10.1. The van der Waals surface area contributed by atoms with Gasteiger partial charge in [0, 0.05) is 16.6 Å². The highest BCUT2D eigenvalue weighted by atomic mass is 79.9. The summed E-state index contributed by atoms with van der Waals surface area (Å²) in [6, 6.07) is 5.24. The molecule has 4 heteroatoms. The second-order valence-corrected chi connectivity index (χ2v) is 7.13. The van der Waals surface area contributed by atoms with Gasteiger partial charge in [0.05, 0.1) is 5.56 Å². The zero-order chi connectivity index (χ0) is 14.8. The first-order chi connectivity index (χ1) is 10.2. The van der Waals surface area contributed by atoms with Crippen LogP contribution in [0.3, 0.4) is 0 Å². The van der Waals surface area contributed by atoms with Crippen LogP contribution in [0.2, 0.25) is 0 Å². The number of halogens is 2. The fraction of sp³-hybridized carbons (Fsp3) is 0.588. The molecular formula is C17H21BrFNO. The van der Waals surface area contributed by atoms with Crippen LogP contribution in [0, 0.1) is 5.82 Å². The molecule has 2 nitrogen and oxygen atoms in total. The number of hydrogen-bond donors (Lipinski definition) is 0. The van der Waals surface area contributed by atoms with E-state index < -0.39 is 5.82 Å². The number of carbonyl (C=O) groups excluding carboxylic acids is 1. The van der Waals surface area contributed by atoms with Gasteiger partial charge >= 0.3 is 0 Å². The molecule has 114 valence electrons. The first-order valence-electron chi connectivity index (χ1n) is 7.94. The Morgan fingerprint density at radius 1 is 1.05 bits per heavy atom. The molecule has 0 atom stereocenters. The van der Waals surface area contributed by atoms with Crippen molar-refractivity contribution in [2.75, 3.05) is 0 Å². The molecule has 0 aromatic heterocycles. The molecule has 0 bridgehead atoms. The molecule has 0 spiro atoms. The molecular weight excluding hydrogens is 333 g/mol. The summed E-state index contributed by atoms with van der Waals surface area (Å²) in [7, 11) is 0. The van der Waals surface area contributed by atoms with Gasteiger partial charge in [-0.05, 0) is 43.9 Å². The summed E-state index contributed by atoms with van der Waals surface area (Å²) in [5, 5.41) is 0. The highest BCUT2D eigenvalue weighted by Gasteiger charge is 2.35. The lowest BCUT2D eigenvalue weighted by Crippen LogP contribution is -2.45. The molecule has 0 saturated heterocycles. The van der Waals surface area contributed by atoms with Gasteiger partial charge in [0.2, 0.25) is 0 Å². The minimum absolute atomic E-state index is 0.118. The summed E-state index contributed by atoms with van der Waals surface area (Å²) < 4.78 is 14.8. The normalized spacial score (nSPS) is 20.1. The van der Waals surface area contributed by atoms with Crippen molar-refractivity contribution in [2.45, 2.75) is 63.5 Å². The lowest BCUT2D eigenvalue weighted by Gasteiger charge is -2.35. The fourth-order valence-electron chi connectivity index (χ4n) is 3.80. The lowest BCUT2D eigenvalue weighted by molar-refractivity contribution is 0.0575. The number of nitrogens with zero attached hydrogens (tertiary/aromatic N) is 1. The van der Waals surface area contributed by atoms with Crippen LogP contribution < -0.4 is 0 Å². The first-order valence-corrected chi connectivity index (χ1v) is 8.74. The quantitative estimate of drug-likeness (QED) is 0.755. The first kappa shape index (κ1) is 15.0. The summed E-state index contributed by atoms with van der Waals surface area (Å²) in [5.41, 5.74) is 0.211. The molecule has 2 aliphatic carbocycles. The van der Waals surface area contributed by atoms with Gasteiger partial charge in [0.1, 0.15) is 5.82 Å². The van der Waals surface area contributed by atoms with E-state index in [1.807, 2.05) is 4.90 Å². The van der Waals surface area contributed by atoms with Gasteiger partial charge in [0.25, 0.3) is 5.91 Å². The molecule has 1 amide bonds. The van der Waals surface area contributed by atoms with E-state index in [0.29, 0.717) is 12.1 Å². The van der Waals surface area contributed by atoms with Crippen molar-refractivity contribution >= 4 is 21.8 Å². The second-order valence-electron chi connectivity index (χ2n) is 6.21. The van der Waals surface area contributed by atoms with E-state index in [1.165, 1.54) is 31.7 Å². The van der Waals surface area contributed by atoms with Crippen LogP contribution in [0.15, 0.2) is 22.7 Å². The van der Waals surface area contributed by atoms with Gasteiger partial charge < -0.3 is 4.90 Å². The van der Waals surface area contributed by atoms with Crippen LogP contribution in [0.25, 0.3) is 0 Å². The summed E-state index contributed by atoms with van der Waals surface area (Å²) >= 11 is 3.34. The minimum atomic E-state index is -0.413. The van der Waals surface area contributed by atoms with Crippen LogP contribution in [-0.4, -0.2) is 22.9 Å². The molecule has 0 radical (unpaired) electrons. The van der Waals surface area contributed by atoms with E-state index in [0.717, 1.165) is 30.2 Å². The molecule has 0 aliphatic heterocycles. The Morgan fingerprint density at radius 3 is 2.10 bits per heavy atom. The minimum Gasteiger partial charge on any atom is -0.333 e. The smallest absolute Gasteiger partial charge is 0.257 e. The third kappa shape index (κ3) is 3.15. The van der Waals surface area contributed by atoms with E-state index >= 15 is 0 Å². The highest BCUT2D eigenvalue weighted by Crippen LogP contribution is 2.33. The largest absolute Gasteiger partial charge is 0.333 e. The topological polar surface area (TPSA) is 20.3 Å². The second kappa shape index (κ2) is 6.47. The van der Waals surface area contributed by atoms with Gasteiger partial charge in [-0.25, -0.2) is 4.39 Å². The van der Waals surface area contributed by atoms with Crippen molar-refractivity contribution in [2.24, 2.45) is 0 Å². The van der Waals surface area contributed by atoms with E-state index in [9.17, 15) is 9.18 Å². The molecule has 2 aliphatic rings. The predicted molar refractivity (Wildman–Crippen MR) is 84.8 cm³/mol. The van der Waals surface area contributed by atoms with Crippen LogP contribution >= 0.6 is 15.9 Å². The average molecular weight is 354 g/mol. The van der Waals surface area contributed by atoms with Crippen LogP contribution in [0.4, 0.5) is 4.39 Å². The van der Waals surface area contributed by atoms with Crippen LogP contribution in [0.1, 0.15) is 61.7 Å². The maximum absolute atomic E-state index is 14.1. The summed E-state index contributed by atoms with van der Waals surface area (Å²) in [4.78, 5) is 15.0. The molecule has 2 saturated carbocycles. The van der Waals surface area contributed by atoms with E-state index in [2.05, 4.69) is 15.9 Å². The number of rotatable bonds is 3. The van der Waals surface area contributed by atoms with Crippen molar-refractivity contribution in [3.8, 4) is 0 Å². The average Bonchev–Trinajstić information content (AvgIpc) is 3.15. The molecule has 1 aromatic rings. The Kier molecular flexibility index (Phi) is 4.63. The Balaban J connectivity index is 1.90. The van der Waals surface area contributed by atoms with Gasteiger partial charge in [-0.1, -0.05) is 41.6 Å². The summed E-state index contributed by atoms with van der Waals surface area (Å²) in [5.74, 6) is -0.531. The monoisotopic (exact) mass is 353 g/mol. The number of carbonyl (C=O) groups is 1. The van der Waals surface area contributed by atoms with Crippen molar-refractivity contribution in [3.63, 3.8) is 0 Å². The van der Waals surface area contributed by atoms with Crippen molar-refractivity contribution in [3.05, 3.63) is 34.1 Å². The highest BCUT2D eigenvalue weighted by molar-refractivity contribution is 9.10. The third-order valence-electron chi connectivity index (χ3n) is 4.83. The maximum Gasteiger partial charge on any atom is 0.257 e. The Bertz CT molecular complexity index is 506. The van der Waals surface area contributed by atoms with Crippen LogP contribution in [-0.2, 0) is 0 Å². The molecule has 3 rings (SSSR count). The zero-order valence-corrected chi connectivity index (χ0v) is 13.7. The third-order valence-corrected chi connectivity index (χ3v) is 5.32. The molecule has 21 heavy (non-hydrogen) atoms. The van der Waals surface area contributed by atoms with E-state index in [1.54, 1.807) is 12.1 Å². The Hall–Kier alpha value is -0.900. The number of hydrogen-bond acceptors (Lipinski definition) is 1. The van der Waals surface area contributed by atoms with Crippen LogP contribution in [0.5, 0.6) is 0 Å². The molecule has 0 unspecified atom stereocenters. The molecule has 0 N–H and O–H groups in total. The van der Waals surface area contributed by atoms with Crippen molar-refractivity contribution < 1.29 is 9.18 Å². The van der Waals surface area contributed by atoms with Crippen molar-refractivity contribution in [1.29, 1.82) is 0 Å². The van der Waals surface area contributed by atoms with E-state index in [-0.39, 0.29) is 11.5 Å². The summed E-state index contributed by atoms with van der Waals surface area (Å²) in [6.07, 6.45) is 9.00. The predicted octanol–water partition coefficient (Wildman–Crippen LogP) is 4.92. The SMILES string of the molecule is O=C(c1cc(Br)ccc1F)N(C1CCCC1)C1CCCC1. The molecule has 0 heterocycles. The number of amides is 1. The van der Waals surface area contributed by atoms with Gasteiger partial charge in [-0.15, -0.1) is 0 Å². The molecule has 1 aromatic carbocycles. The Morgan fingerprint density at radius 2 is 1.57 bits per heavy atom. The van der Waals surface area contributed by atoms with Gasteiger partial charge in [0.15, 0.2) is 0 Å². The maximum atomic E-state index is 14.1. The number of benzene rings is 1. The standard InChI is InChI=1S/C17H21BrFNO/c18-12-9-10-16(19)15(11-12)17(21)20(13-5-1-2-6-13)14-7-3-4-8-14/h9-11,13-14H,1-8H2.